The Labute approximate surface area is 113 Å². The van der Waals surface area contributed by atoms with Gasteiger partial charge in [0.1, 0.15) is 0 Å². The summed E-state index contributed by atoms with van der Waals surface area (Å²) in [6, 6.07) is 1.66. The lowest BCUT2D eigenvalue weighted by molar-refractivity contribution is -0.0581. The van der Waals surface area contributed by atoms with Gasteiger partial charge in [0.2, 0.25) is 0 Å². The second kappa shape index (κ2) is 3.86. The normalized spacial score (nSPS) is 21.1. The van der Waals surface area contributed by atoms with Crippen molar-refractivity contribution in [2.24, 2.45) is 0 Å². The third-order valence-electron chi connectivity index (χ3n) is 3.20. The number of nitrogens with zero attached hydrogens (tertiary/aromatic N) is 2. The highest BCUT2D eigenvalue weighted by Crippen LogP contribution is 2.33. The number of amides is 2. The van der Waals surface area contributed by atoms with Crippen molar-refractivity contribution in [1.82, 2.24) is 9.80 Å². The molecule has 2 saturated heterocycles. The van der Waals surface area contributed by atoms with Crippen molar-refractivity contribution in [1.29, 1.82) is 0 Å². The molecule has 0 unspecified atom stereocenters. The smallest absolute Gasteiger partial charge is 0.410 e. The lowest BCUT2D eigenvalue weighted by Gasteiger charge is -2.45. The molecule has 2 fully saturated rings. The van der Waals surface area contributed by atoms with Gasteiger partial charge in [-0.3, -0.25) is 4.79 Å². The molecule has 0 N–H and O–H groups in total. The quantitative estimate of drug-likeness (QED) is 0.789. The summed E-state index contributed by atoms with van der Waals surface area (Å²) in [7, 11) is 1.69. The minimum absolute atomic E-state index is 0.0608. The van der Waals surface area contributed by atoms with Crippen molar-refractivity contribution in [3.8, 4) is 0 Å². The summed E-state index contributed by atoms with van der Waals surface area (Å²) in [5.41, 5.74) is 0.0962. The number of hydrogen-bond acceptors (Lipinski definition) is 4. The molecule has 3 heterocycles. The van der Waals surface area contributed by atoms with Gasteiger partial charge in [0.05, 0.1) is 29.5 Å². The van der Waals surface area contributed by atoms with E-state index in [1.807, 2.05) is 0 Å². The SMILES string of the molecule is CN1CC2(CN(C(=O)c3csc(Cl)c3)C2)OC1=O. The third kappa shape index (κ3) is 1.76. The van der Waals surface area contributed by atoms with E-state index < -0.39 is 5.60 Å². The van der Waals surface area contributed by atoms with Gasteiger partial charge >= 0.3 is 6.09 Å². The van der Waals surface area contributed by atoms with E-state index in [9.17, 15) is 9.59 Å². The zero-order valence-electron chi connectivity index (χ0n) is 9.68. The van der Waals surface area contributed by atoms with Crippen molar-refractivity contribution >= 4 is 34.9 Å². The maximum Gasteiger partial charge on any atom is 0.410 e. The number of ether oxygens (including phenoxy) is 1. The van der Waals surface area contributed by atoms with Crippen LogP contribution in [0, 0.1) is 0 Å². The first-order valence-electron chi connectivity index (χ1n) is 5.47. The Kier molecular flexibility index (Phi) is 2.53. The van der Waals surface area contributed by atoms with Gasteiger partial charge in [0, 0.05) is 12.4 Å². The van der Waals surface area contributed by atoms with Crippen LogP contribution in [-0.2, 0) is 4.74 Å². The van der Waals surface area contributed by atoms with Crippen LogP contribution in [-0.4, -0.2) is 54.1 Å². The molecule has 18 heavy (non-hydrogen) atoms. The summed E-state index contributed by atoms with van der Waals surface area (Å²) in [4.78, 5) is 26.6. The second-order valence-electron chi connectivity index (χ2n) is 4.71. The molecule has 1 spiro atoms. The van der Waals surface area contributed by atoms with E-state index in [-0.39, 0.29) is 12.0 Å². The number of likely N-dealkylation sites (N-methyl/N-ethyl adjacent to an activating group) is 1. The van der Waals surface area contributed by atoms with Gasteiger partial charge < -0.3 is 14.5 Å². The topological polar surface area (TPSA) is 49.9 Å². The van der Waals surface area contributed by atoms with Crippen LogP contribution in [0.5, 0.6) is 0 Å². The summed E-state index contributed by atoms with van der Waals surface area (Å²) in [5.74, 6) is -0.0608. The van der Waals surface area contributed by atoms with Gasteiger partial charge in [-0.2, -0.15) is 0 Å². The summed E-state index contributed by atoms with van der Waals surface area (Å²) in [6.07, 6.45) is -0.319. The van der Waals surface area contributed by atoms with Gasteiger partial charge in [-0.25, -0.2) is 4.79 Å². The van der Waals surface area contributed by atoms with Crippen molar-refractivity contribution < 1.29 is 14.3 Å². The number of likely N-dealkylation sites (tertiary alicyclic amines) is 1. The fourth-order valence-corrected chi connectivity index (χ4v) is 3.21. The Balaban J connectivity index is 1.66. The van der Waals surface area contributed by atoms with Crippen molar-refractivity contribution in [3.63, 3.8) is 0 Å². The maximum absolute atomic E-state index is 12.1. The summed E-state index contributed by atoms with van der Waals surface area (Å²) < 4.78 is 5.89. The van der Waals surface area contributed by atoms with E-state index in [4.69, 9.17) is 16.3 Å². The first kappa shape index (κ1) is 11.8. The minimum Gasteiger partial charge on any atom is -0.437 e. The highest BCUT2D eigenvalue weighted by atomic mass is 35.5. The average molecular weight is 287 g/mol. The highest BCUT2D eigenvalue weighted by molar-refractivity contribution is 7.14. The van der Waals surface area contributed by atoms with Crippen LogP contribution in [0.25, 0.3) is 0 Å². The lowest BCUT2D eigenvalue weighted by atomic mass is 9.93. The van der Waals surface area contributed by atoms with E-state index in [1.54, 1.807) is 23.4 Å². The molecule has 1 aromatic rings. The molecule has 2 aliphatic heterocycles. The van der Waals surface area contributed by atoms with E-state index in [0.29, 0.717) is 29.5 Å². The van der Waals surface area contributed by atoms with Crippen LogP contribution >= 0.6 is 22.9 Å². The summed E-state index contributed by atoms with van der Waals surface area (Å²) >= 11 is 7.13. The van der Waals surface area contributed by atoms with Crippen LogP contribution in [0.15, 0.2) is 11.4 Å². The van der Waals surface area contributed by atoms with Gasteiger partial charge in [0.25, 0.3) is 5.91 Å². The Morgan fingerprint density at radius 3 is 2.72 bits per heavy atom. The van der Waals surface area contributed by atoms with E-state index in [0.717, 1.165) is 0 Å². The maximum atomic E-state index is 12.1. The number of carbonyl (C=O) groups excluding carboxylic acids is 2. The van der Waals surface area contributed by atoms with Crippen LogP contribution < -0.4 is 0 Å². The molecule has 0 aromatic carbocycles. The molecular weight excluding hydrogens is 276 g/mol. The molecule has 0 saturated carbocycles. The van der Waals surface area contributed by atoms with E-state index in [1.165, 1.54) is 16.2 Å². The number of thiophene rings is 1. The van der Waals surface area contributed by atoms with Gasteiger partial charge in [-0.15, -0.1) is 11.3 Å². The predicted molar refractivity (Wildman–Crippen MR) is 67.1 cm³/mol. The van der Waals surface area contributed by atoms with E-state index >= 15 is 0 Å². The Morgan fingerprint density at radius 2 is 2.22 bits per heavy atom. The van der Waals surface area contributed by atoms with Crippen molar-refractivity contribution in [3.05, 3.63) is 21.3 Å². The van der Waals surface area contributed by atoms with Crippen LogP contribution in [0.4, 0.5) is 4.79 Å². The van der Waals surface area contributed by atoms with Gasteiger partial charge in [-0.05, 0) is 6.07 Å². The third-order valence-corrected chi connectivity index (χ3v) is 4.29. The molecule has 2 aliphatic rings. The fourth-order valence-electron chi connectivity index (χ4n) is 2.35. The number of rotatable bonds is 1. The van der Waals surface area contributed by atoms with Crippen LogP contribution in [0.3, 0.4) is 0 Å². The Hall–Kier alpha value is -1.27. The number of hydrogen-bond donors (Lipinski definition) is 0. The molecular formula is C11H11ClN2O3S. The minimum atomic E-state index is -0.499. The molecule has 0 radical (unpaired) electrons. The standard InChI is InChI=1S/C11H11ClN2O3S/c1-13-4-11(17-10(13)16)5-14(6-11)9(15)7-2-8(12)18-3-7/h2-3H,4-6H2,1H3. The van der Waals surface area contributed by atoms with Gasteiger partial charge in [0.15, 0.2) is 5.60 Å². The van der Waals surface area contributed by atoms with Crippen LogP contribution in [0.1, 0.15) is 10.4 Å². The molecule has 5 nitrogen and oxygen atoms in total. The second-order valence-corrected chi connectivity index (χ2v) is 6.25. The van der Waals surface area contributed by atoms with Crippen molar-refractivity contribution in [2.45, 2.75) is 5.60 Å². The average Bonchev–Trinajstić information content (AvgIpc) is 2.81. The predicted octanol–water partition coefficient (Wildman–Crippen LogP) is 1.68. The molecule has 1 aromatic heterocycles. The molecule has 7 heteroatoms. The van der Waals surface area contributed by atoms with Crippen molar-refractivity contribution in [2.75, 3.05) is 26.7 Å². The summed E-state index contributed by atoms with van der Waals surface area (Å²) in [5, 5.41) is 1.74. The monoisotopic (exact) mass is 286 g/mol. The summed E-state index contributed by atoms with van der Waals surface area (Å²) in [6.45, 7) is 1.45. The fraction of sp³-hybridized carbons (Fsp3) is 0.455. The Bertz CT molecular complexity index is 524. The molecule has 96 valence electrons. The zero-order chi connectivity index (χ0) is 12.9. The Morgan fingerprint density at radius 1 is 1.50 bits per heavy atom. The molecule has 0 atom stereocenters. The molecule has 0 aliphatic carbocycles. The lowest BCUT2D eigenvalue weighted by Crippen LogP contribution is -2.65. The first-order chi connectivity index (χ1) is 8.49. The zero-order valence-corrected chi connectivity index (χ0v) is 11.3. The van der Waals surface area contributed by atoms with Crippen LogP contribution in [0.2, 0.25) is 4.34 Å². The number of carbonyl (C=O) groups is 2. The first-order valence-corrected chi connectivity index (χ1v) is 6.72. The van der Waals surface area contributed by atoms with Gasteiger partial charge in [-0.1, -0.05) is 11.6 Å². The number of halogens is 1. The molecule has 0 bridgehead atoms. The highest BCUT2D eigenvalue weighted by Gasteiger charge is 2.54. The van der Waals surface area contributed by atoms with E-state index in [2.05, 4.69) is 0 Å². The largest absolute Gasteiger partial charge is 0.437 e. The molecule has 2 amide bonds. The molecule has 3 rings (SSSR count).